The van der Waals surface area contributed by atoms with Gasteiger partial charge in [-0.3, -0.25) is 0 Å². The number of nitrogens with zero attached hydrogens (tertiary/aromatic N) is 1. The first-order valence-corrected chi connectivity index (χ1v) is 8.13. The van der Waals surface area contributed by atoms with E-state index in [-0.39, 0.29) is 11.4 Å². The predicted octanol–water partition coefficient (Wildman–Crippen LogP) is 1.24. The Bertz CT molecular complexity index is 528. The Kier molecular flexibility index (Phi) is 4.03. The maximum Gasteiger partial charge on any atom is 0.242 e. The minimum Gasteiger partial charge on any atom is -0.389 e. The van der Waals surface area contributed by atoms with Gasteiger partial charge in [-0.15, -0.1) is 0 Å². The number of aryl methyl sites for hydroxylation is 1. The molecule has 1 aliphatic carbocycles. The number of aliphatic hydroxyl groups is 1. The maximum atomic E-state index is 12.1. The van der Waals surface area contributed by atoms with Gasteiger partial charge in [0.25, 0.3) is 0 Å². The van der Waals surface area contributed by atoms with Crippen molar-refractivity contribution in [1.82, 2.24) is 9.29 Å². The van der Waals surface area contributed by atoms with Gasteiger partial charge in [0.15, 0.2) is 0 Å². The molecular formula is C13H22N2O3S. The first kappa shape index (κ1) is 14.6. The summed E-state index contributed by atoms with van der Waals surface area (Å²) >= 11 is 0. The Labute approximate surface area is 114 Å². The zero-order valence-corrected chi connectivity index (χ0v) is 12.3. The van der Waals surface area contributed by atoms with Crippen molar-refractivity contribution in [3.05, 3.63) is 18.5 Å². The van der Waals surface area contributed by atoms with Crippen molar-refractivity contribution in [2.75, 3.05) is 6.54 Å². The average molecular weight is 286 g/mol. The van der Waals surface area contributed by atoms with Crippen LogP contribution in [-0.4, -0.2) is 30.2 Å². The minimum absolute atomic E-state index is 0.0942. The summed E-state index contributed by atoms with van der Waals surface area (Å²) in [7, 11) is -1.75. The first-order chi connectivity index (χ1) is 8.81. The van der Waals surface area contributed by atoms with Gasteiger partial charge >= 0.3 is 0 Å². The molecule has 0 radical (unpaired) electrons. The van der Waals surface area contributed by atoms with Crippen molar-refractivity contribution in [1.29, 1.82) is 0 Å². The highest BCUT2D eigenvalue weighted by atomic mass is 32.2. The molecule has 108 valence electrons. The summed E-state index contributed by atoms with van der Waals surface area (Å²) in [5, 5.41) is 10.4. The number of hydrogen-bond donors (Lipinski definition) is 2. The largest absolute Gasteiger partial charge is 0.389 e. The zero-order chi connectivity index (χ0) is 14.1. The number of aromatic nitrogens is 1. The van der Waals surface area contributed by atoms with Crippen LogP contribution in [0.15, 0.2) is 23.4 Å². The highest BCUT2D eigenvalue weighted by molar-refractivity contribution is 7.89. The molecular weight excluding hydrogens is 264 g/mol. The molecule has 1 heterocycles. The third-order valence-electron chi connectivity index (χ3n) is 3.91. The average Bonchev–Trinajstić information content (AvgIpc) is 2.79. The normalized spacial score (nSPS) is 28.5. The lowest BCUT2D eigenvalue weighted by molar-refractivity contribution is -0.00182. The molecule has 2 N–H and O–H groups in total. The van der Waals surface area contributed by atoms with E-state index in [1.807, 2.05) is 0 Å². The summed E-state index contributed by atoms with van der Waals surface area (Å²) < 4.78 is 28.3. The monoisotopic (exact) mass is 286 g/mol. The SMILES string of the molecule is CC1CCC(O)(CNS(=O)(=O)c2ccn(C)c2)CC1. The smallest absolute Gasteiger partial charge is 0.242 e. The van der Waals surface area contributed by atoms with Crippen molar-refractivity contribution in [3.63, 3.8) is 0 Å². The lowest BCUT2D eigenvalue weighted by atomic mass is 9.80. The van der Waals surface area contributed by atoms with E-state index in [4.69, 9.17) is 0 Å². The third kappa shape index (κ3) is 3.58. The molecule has 5 nitrogen and oxygen atoms in total. The van der Waals surface area contributed by atoms with Crippen LogP contribution in [0.5, 0.6) is 0 Å². The molecule has 2 rings (SSSR count). The third-order valence-corrected chi connectivity index (χ3v) is 5.30. The van der Waals surface area contributed by atoms with Crippen LogP contribution in [0, 0.1) is 5.92 Å². The van der Waals surface area contributed by atoms with E-state index >= 15 is 0 Å². The van der Waals surface area contributed by atoms with Crippen molar-refractivity contribution in [3.8, 4) is 0 Å². The van der Waals surface area contributed by atoms with E-state index in [1.165, 1.54) is 0 Å². The van der Waals surface area contributed by atoms with Gasteiger partial charge in [0.2, 0.25) is 10.0 Å². The molecule has 1 saturated carbocycles. The Morgan fingerprint density at radius 1 is 1.47 bits per heavy atom. The van der Waals surface area contributed by atoms with Gasteiger partial charge in [0.1, 0.15) is 0 Å². The molecule has 0 unspecified atom stereocenters. The number of nitrogens with one attached hydrogen (secondary N) is 1. The van der Waals surface area contributed by atoms with Crippen LogP contribution in [0.2, 0.25) is 0 Å². The van der Waals surface area contributed by atoms with Crippen molar-refractivity contribution in [2.45, 2.75) is 43.1 Å². The molecule has 0 aromatic carbocycles. The molecule has 0 amide bonds. The van der Waals surface area contributed by atoms with Crippen LogP contribution in [0.1, 0.15) is 32.6 Å². The summed E-state index contributed by atoms with van der Waals surface area (Å²) in [6.07, 6.45) is 6.45. The maximum absolute atomic E-state index is 12.1. The summed E-state index contributed by atoms with van der Waals surface area (Å²) in [6.45, 7) is 2.25. The molecule has 19 heavy (non-hydrogen) atoms. The minimum atomic E-state index is -3.52. The lowest BCUT2D eigenvalue weighted by Crippen LogP contribution is -2.45. The van der Waals surface area contributed by atoms with Gasteiger partial charge in [0, 0.05) is 26.0 Å². The molecule has 1 fully saturated rings. The number of rotatable bonds is 4. The van der Waals surface area contributed by atoms with E-state index in [0.717, 1.165) is 12.8 Å². The quantitative estimate of drug-likeness (QED) is 0.875. The van der Waals surface area contributed by atoms with Crippen molar-refractivity contribution in [2.24, 2.45) is 13.0 Å². The van der Waals surface area contributed by atoms with Crippen LogP contribution < -0.4 is 4.72 Å². The molecule has 0 spiro atoms. The van der Waals surface area contributed by atoms with Crippen LogP contribution in [0.4, 0.5) is 0 Å². The second kappa shape index (κ2) is 5.26. The van der Waals surface area contributed by atoms with Gasteiger partial charge in [0.05, 0.1) is 10.5 Å². The standard InChI is InChI=1S/C13H22N2O3S/c1-11-3-6-13(16,7-4-11)10-14-19(17,18)12-5-8-15(2)9-12/h5,8-9,11,14,16H,3-4,6-7,10H2,1-2H3. The molecule has 0 aliphatic heterocycles. The van der Waals surface area contributed by atoms with E-state index in [1.54, 1.807) is 30.1 Å². The van der Waals surface area contributed by atoms with Gasteiger partial charge in [-0.1, -0.05) is 6.92 Å². The summed E-state index contributed by atoms with van der Waals surface area (Å²) in [6, 6.07) is 1.55. The van der Waals surface area contributed by atoms with E-state index in [2.05, 4.69) is 11.6 Å². The fourth-order valence-electron chi connectivity index (χ4n) is 2.43. The van der Waals surface area contributed by atoms with Gasteiger partial charge in [-0.05, 0) is 37.7 Å². The molecule has 1 aromatic heterocycles. The van der Waals surface area contributed by atoms with Crippen LogP contribution in [0.25, 0.3) is 0 Å². The Hall–Kier alpha value is -0.850. The van der Waals surface area contributed by atoms with E-state index in [9.17, 15) is 13.5 Å². The Morgan fingerprint density at radius 3 is 2.63 bits per heavy atom. The van der Waals surface area contributed by atoms with Crippen LogP contribution in [-0.2, 0) is 17.1 Å². The second-order valence-electron chi connectivity index (χ2n) is 5.74. The van der Waals surface area contributed by atoms with Gasteiger partial charge < -0.3 is 9.67 Å². The molecule has 6 heteroatoms. The Balaban J connectivity index is 1.98. The summed E-state index contributed by atoms with van der Waals surface area (Å²) in [4.78, 5) is 0.239. The molecule has 0 bridgehead atoms. The summed E-state index contributed by atoms with van der Waals surface area (Å²) in [5.41, 5.74) is -0.894. The molecule has 0 atom stereocenters. The topological polar surface area (TPSA) is 71.3 Å². The van der Waals surface area contributed by atoms with Gasteiger partial charge in [-0.2, -0.15) is 0 Å². The fraction of sp³-hybridized carbons (Fsp3) is 0.692. The first-order valence-electron chi connectivity index (χ1n) is 6.65. The highest BCUT2D eigenvalue weighted by Crippen LogP contribution is 2.31. The van der Waals surface area contributed by atoms with Crippen LogP contribution in [0.3, 0.4) is 0 Å². The predicted molar refractivity (Wildman–Crippen MR) is 73.2 cm³/mol. The van der Waals surface area contributed by atoms with Crippen molar-refractivity contribution < 1.29 is 13.5 Å². The Morgan fingerprint density at radius 2 is 2.11 bits per heavy atom. The van der Waals surface area contributed by atoms with E-state index in [0.29, 0.717) is 18.8 Å². The second-order valence-corrected chi connectivity index (χ2v) is 7.51. The lowest BCUT2D eigenvalue weighted by Gasteiger charge is -2.34. The summed E-state index contributed by atoms with van der Waals surface area (Å²) in [5.74, 6) is 0.617. The molecule has 1 aromatic rings. The van der Waals surface area contributed by atoms with E-state index < -0.39 is 15.6 Å². The number of sulfonamides is 1. The fourth-order valence-corrected chi connectivity index (χ4v) is 3.60. The highest BCUT2D eigenvalue weighted by Gasteiger charge is 2.33. The number of hydrogen-bond acceptors (Lipinski definition) is 3. The van der Waals surface area contributed by atoms with Crippen LogP contribution >= 0.6 is 0 Å². The van der Waals surface area contributed by atoms with Gasteiger partial charge in [-0.25, -0.2) is 13.1 Å². The van der Waals surface area contributed by atoms with Crippen molar-refractivity contribution >= 4 is 10.0 Å². The molecule has 0 saturated heterocycles. The zero-order valence-electron chi connectivity index (χ0n) is 11.5. The molecule has 1 aliphatic rings.